The van der Waals surface area contributed by atoms with Gasteiger partial charge in [-0.05, 0) is 147 Å². The molecule has 0 atom stereocenters. The Morgan fingerprint density at radius 1 is 0.345 bits per heavy atom. The van der Waals surface area contributed by atoms with Crippen LogP contribution in [0.5, 0.6) is 34.5 Å². The van der Waals surface area contributed by atoms with Crippen LogP contribution in [0.3, 0.4) is 0 Å². The Bertz CT molecular complexity index is 2790. The predicted molar refractivity (Wildman–Crippen MR) is 331 cm³/mol. The molecule has 0 saturated carbocycles. The lowest BCUT2D eigenvalue weighted by molar-refractivity contribution is -0.136. The highest BCUT2D eigenvalue weighted by Gasteiger charge is 2.18. The summed E-state index contributed by atoms with van der Waals surface area (Å²) >= 11 is 12.1. The zero-order valence-corrected chi connectivity index (χ0v) is 50.2. The van der Waals surface area contributed by atoms with Crippen molar-refractivity contribution >= 4 is 69.8 Å². The number of azo groups is 2. The van der Waals surface area contributed by atoms with Crippen LogP contribution in [0.1, 0.15) is 189 Å². The Balaban J connectivity index is 0.999. The lowest BCUT2D eigenvalue weighted by Gasteiger charge is -2.11. The van der Waals surface area contributed by atoms with Gasteiger partial charge in [-0.3, -0.25) is 9.59 Å². The summed E-state index contributed by atoms with van der Waals surface area (Å²) in [6.45, 7) is 5.67. The van der Waals surface area contributed by atoms with Gasteiger partial charge in [0.25, 0.3) is 0 Å². The van der Waals surface area contributed by atoms with E-state index in [0.717, 1.165) is 25.7 Å². The molecule has 6 aromatic carbocycles. The van der Waals surface area contributed by atoms with Crippen LogP contribution >= 0.6 is 23.2 Å². The summed E-state index contributed by atoms with van der Waals surface area (Å²) < 4.78 is 34.9. The quantitative estimate of drug-likeness (QED) is 0.0156. The third-order valence-electron chi connectivity index (χ3n) is 13.7. The van der Waals surface area contributed by atoms with Gasteiger partial charge in [0.2, 0.25) is 0 Å². The Morgan fingerprint density at radius 3 is 1.01 bits per heavy atom. The number of hydrogen-bond acceptors (Lipinski definition) is 14. The molecule has 14 nitrogen and oxygen atoms in total. The number of ether oxygens (including phenoxy) is 6. The van der Waals surface area contributed by atoms with Crippen molar-refractivity contribution in [1.82, 2.24) is 0 Å². The van der Waals surface area contributed by atoms with E-state index < -0.39 is 23.9 Å². The lowest BCUT2D eigenvalue weighted by atomic mass is 10.1. The van der Waals surface area contributed by atoms with Crippen LogP contribution in [-0.2, 0) is 9.59 Å². The van der Waals surface area contributed by atoms with E-state index in [1.165, 1.54) is 139 Å². The summed E-state index contributed by atoms with van der Waals surface area (Å²) in [6, 6.07) is 35.8. The molecule has 6 rings (SSSR count). The first-order valence-electron chi connectivity index (χ1n) is 30.0. The number of carbonyl (C=O) groups excluding carboxylic acids is 4. The van der Waals surface area contributed by atoms with E-state index in [2.05, 4.69) is 34.3 Å². The van der Waals surface area contributed by atoms with Crippen LogP contribution in [0, 0.1) is 0 Å². The standard InChI is InChI=1S/C68H80Cl2N4O10/c1-3-5-7-9-11-13-15-17-19-23-47-79-57-39-27-51(28-40-57)67(77)81-59-43-45-61(73-71-55-35-31-53(69)32-36-55)63(49-59)83-65(75)25-21-22-26-66(76)84-64-50-60(44-46-62(64)74-72-56-37-33-54(70)34-38-56)82-68(78)52-29-41-58(42-30-52)80-48-24-20-18-16-14-12-10-8-6-4-2/h27-46,49-50H,3-26,47-48H2,1-2H3. The van der Waals surface area contributed by atoms with Crippen LogP contribution in [0.2, 0.25) is 10.0 Å². The zero-order chi connectivity index (χ0) is 59.4. The normalized spacial score (nSPS) is 11.2. The number of unbranched alkanes of at least 4 members (excludes halogenated alkanes) is 19. The minimum absolute atomic E-state index is 0.000125. The van der Waals surface area contributed by atoms with Gasteiger partial charge in [-0.1, -0.05) is 153 Å². The summed E-state index contributed by atoms with van der Waals surface area (Å²) in [4.78, 5) is 53.4. The lowest BCUT2D eigenvalue weighted by Crippen LogP contribution is -2.11. The number of esters is 4. The highest BCUT2D eigenvalue weighted by atomic mass is 35.5. The molecule has 0 heterocycles. The summed E-state index contributed by atoms with van der Waals surface area (Å²) in [5.41, 5.74) is 2.00. The van der Waals surface area contributed by atoms with E-state index in [0.29, 0.717) is 57.3 Å². The minimum Gasteiger partial charge on any atom is -0.494 e. The van der Waals surface area contributed by atoms with Crippen molar-refractivity contribution in [2.45, 2.75) is 168 Å². The molecular formula is C68H80Cl2N4O10. The molecule has 0 unspecified atom stereocenters. The molecule has 0 radical (unpaired) electrons. The van der Waals surface area contributed by atoms with Crippen LogP contribution in [-0.4, -0.2) is 37.1 Å². The maximum atomic E-state index is 13.4. The largest absolute Gasteiger partial charge is 0.494 e. The minimum atomic E-state index is -0.630. The van der Waals surface area contributed by atoms with Gasteiger partial charge in [0.05, 0.1) is 35.7 Å². The van der Waals surface area contributed by atoms with Gasteiger partial charge in [0.1, 0.15) is 34.4 Å². The number of nitrogens with zero attached hydrogens (tertiary/aromatic N) is 4. The molecule has 0 bridgehead atoms. The van der Waals surface area contributed by atoms with Crippen LogP contribution in [0.15, 0.2) is 154 Å². The molecule has 0 aliphatic carbocycles. The highest BCUT2D eigenvalue weighted by Crippen LogP contribution is 2.36. The molecule has 84 heavy (non-hydrogen) atoms. The summed E-state index contributed by atoms with van der Waals surface area (Å²) in [5, 5.41) is 18.2. The first-order chi connectivity index (χ1) is 41.0. The second kappa shape index (κ2) is 38.4. The first kappa shape index (κ1) is 65.7. The van der Waals surface area contributed by atoms with Crippen molar-refractivity contribution < 1.29 is 47.6 Å². The third kappa shape index (κ3) is 25.6. The summed E-state index contributed by atoms with van der Waals surface area (Å²) in [6.07, 6.45) is 25.1. The maximum absolute atomic E-state index is 13.4. The number of rotatable bonds is 39. The second-order valence-corrected chi connectivity index (χ2v) is 21.5. The van der Waals surface area contributed by atoms with E-state index >= 15 is 0 Å². The molecule has 0 aromatic heterocycles. The number of benzene rings is 6. The number of halogens is 2. The Morgan fingerprint density at radius 2 is 0.667 bits per heavy atom. The van der Waals surface area contributed by atoms with Gasteiger partial charge in [0.15, 0.2) is 11.5 Å². The van der Waals surface area contributed by atoms with Crippen molar-refractivity contribution in [3.05, 3.63) is 155 Å². The average molecular weight is 1180 g/mol. The van der Waals surface area contributed by atoms with Gasteiger partial charge >= 0.3 is 23.9 Å². The molecule has 0 saturated heterocycles. The third-order valence-corrected chi connectivity index (χ3v) is 14.2. The van der Waals surface area contributed by atoms with Crippen molar-refractivity contribution in [2.75, 3.05) is 13.2 Å². The van der Waals surface area contributed by atoms with Crippen LogP contribution in [0.25, 0.3) is 0 Å². The fourth-order valence-corrected chi connectivity index (χ4v) is 9.09. The van der Waals surface area contributed by atoms with Crippen molar-refractivity contribution in [1.29, 1.82) is 0 Å². The monoisotopic (exact) mass is 1180 g/mol. The zero-order valence-electron chi connectivity index (χ0n) is 48.7. The Kier molecular flexibility index (Phi) is 30.1. The van der Waals surface area contributed by atoms with Crippen LogP contribution in [0.4, 0.5) is 22.7 Å². The number of carbonyl (C=O) groups is 4. The molecule has 0 aliphatic heterocycles. The smallest absolute Gasteiger partial charge is 0.343 e. The molecule has 0 spiro atoms. The van der Waals surface area contributed by atoms with E-state index in [-0.39, 0.29) is 60.1 Å². The molecule has 0 amide bonds. The fraction of sp³-hybridized carbons (Fsp3) is 0.412. The highest BCUT2D eigenvalue weighted by molar-refractivity contribution is 6.30. The first-order valence-corrected chi connectivity index (χ1v) is 30.7. The average Bonchev–Trinajstić information content (AvgIpc) is 3.60. The van der Waals surface area contributed by atoms with E-state index in [1.807, 2.05) is 0 Å². The van der Waals surface area contributed by atoms with Gasteiger partial charge in [0, 0.05) is 35.0 Å². The molecule has 6 aromatic rings. The maximum Gasteiger partial charge on any atom is 0.343 e. The van der Waals surface area contributed by atoms with E-state index in [1.54, 1.807) is 97.1 Å². The SMILES string of the molecule is CCCCCCCCCCCCOc1ccc(C(=O)Oc2ccc(N=Nc3ccc(Cl)cc3)c(OC(=O)CCCCC(=O)Oc3cc(OC(=O)c4ccc(OCCCCCCCCCCCC)cc4)ccc3N=Nc3ccc(Cl)cc3)c2)cc1. The molecular weight excluding hydrogens is 1100 g/mol. The molecule has 0 aliphatic rings. The van der Waals surface area contributed by atoms with Crippen molar-refractivity contribution in [2.24, 2.45) is 20.5 Å². The molecule has 0 fully saturated rings. The Labute approximate surface area is 505 Å². The van der Waals surface area contributed by atoms with E-state index in [9.17, 15) is 19.2 Å². The molecule has 16 heteroatoms. The topological polar surface area (TPSA) is 173 Å². The number of hydrogen-bond donors (Lipinski definition) is 0. The van der Waals surface area contributed by atoms with Gasteiger partial charge in [-0.25, -0.2) is 9.59 Å². The van der Waals surface area contributed by atoms with Crippen molar-refractivity contribution in [3.63, 3.8) is 0 Å². The van der Waals surface area contributed by atoms with Gasteiger partial charge in [-0.2, -0.15) is 10.2 Å². The fourth-order valence-electron chi connectivity index (χ4n) is 8.83. The summed E-state index contributed by atoms with van der Waals surface area (Å²) in [5.74, 6) is -0.967. The van der Waals surface area contributed by atoms with Gasteiger partial charge in [-0.15, -0.1) is 10.2 Å². The second-order valence-electron chi connectivity index (χ2n) is 20.7. The van der Waals surface area contributed by atoms with Gasteiger partial charge < -0.3 is 28.4 Å². The predicted octanol–water partition coefficient (Wildman–Crippen LogP) is 20.9. The van der Waals surface area contributed by atoms with Crippen LogP contribution < -0.4 is 28.4 Å². The summed E-state index contributed by atoms with van der Waals surface area (Å²) in [7, 11) is 0. The van der Waals surface area contributed by atoms with E-state index in [4.69, 9.17) is 51.6 Å². The van der Waals surface area contributed by atoms with Crippen molar-refractivity contribution in [3.8, 4) is 34.5 Å². The molecule has 446 valence electrons. The Hall–Kier alpha value is -7.42. The molecule has 0 N–H and O–H groups in total.